The van der Waals surface area contributed by atoms with E-state index in [1.165, 1.54) is 6.42 Å². The molecule has 0 radical (unpaired) electrons. The zero-order valence-electron chi connectivity index (χ0n) is 11.7. The van der Waals surface area contributed by atoms with Crippen LogP contribution in [0.5, 0.6) is 0 Å². The third kappa shape index (κ3) is 0.568. The Kier molecular flexibility index (Phi) is 1.39. The molecule has 5 fully saturated rings. The number of rotatable bonds is 2. The van der Waals surface area contributed by atoms with E-state index in [0.717, 1.165) is 0 Å². The monoisotopic (exact) mass is 270 g/mol. The molecule has 8 unspecified atom stereocenters. The summed E-state index contributed by atoms with van der Waals surface area (Å²) in [7, 11) is 3.54. The molecule has 20 heavy (non-hydrogen) atoms. The van der Waals surface area contributed by atoms with Crippen LogP contribution in [0.3, 0.4) is 0 Å². The molecule has 0 aliphatic heterocycles. The Morgan fingerprint density at radius 2 is 1.80 bits per heavy atom. The maximum absolute atomic E-state index is 13.2. The Hall–Kier alpha value is -0.930. The Morgan fingerprint density at radius 3 is 2.55 bits per heavy atom. The Bertz CT molecular complexity index is 630. The van der Waals surface area contributed by atoms with Gasteiger partial charge in [0, 0.05) is 26.1 Å². The van der Waals surface area contributed by atoms with Crippen molar-refractivity contribution < 1.29 is 14.3 Å². The van der Waals surface area contributed by atoms with Crippen LogP contribution in [0.25, 0.3) is 0 Å². The number of hydrogen-bond donors (Lipinski definition) is 0. The first-order chi connectivity index (χ1) is 9.71. The van der Waals surface area contributed by atoms with Crippen molar-refractivity contribution >= 4 is 5.78 Å². The lowest BCUT2D eigenvalue weighted by Gasteiger charge is -2.67. The van der Waals surface area contributed by atoms with Gasteiger partial charge in [0.05, 0.1) is 10.8 Å². The standard InChI is InChI=1S/C17H18O3/c1-19-17(20-2)11-9-7-8-10(11)14(18)15-5-3-4-6-16(15,17)13(9)12(8)15/h3-6,8-13H,7H2,1-2H3. The van der Waals surface area contributed by atoms with Gasteiger partial charge >= 0.3 is 0 Å². The summed E-state index contributed by atoms with van der Waals surface area (Å²) in [5.74, 6) is 2.78. The molecule has 2 bridgehead atoms. The number of ketones is 1. The van der Waals surface area contributed by atoms with Crippen molar-refractivity contribution in [2.45, 2.75) is 12.2 Å². The van der Waals surface area contributed by atoms with Crippen LogP contribution in [-0.2, 0) is 14.3 Å². The van der Waals surface area contributed by atoms with Gasteiger partial charge in [0.25, 0.3) is 0 Å². The van der Waals surface area contributed by atoms with E-state index in [2.05, 4.69) is 24.3 Å². The van der Waals surface area contributed by atoms with Crippen LogP contribution in [0.15, 0.2) is 24.3 Å². The molecule has 3 nitrogen and oxygen atoms in total. The summed E-state index contributed by atoms with van der Waals surface area (Å²) < 4.78 is 12.1. The molecule has 8 atom stereocenters. The number of fused-ring (bicyclic) bond motifs is 1. The van der Waals surface area contributed by atoms with Crippen LogP contribution < -0.4 is 0 Å². The molecule has 0 N–H and O–H groups in total. The van der Waals surface area contributed by atoms with Crippen molar-refractivity contribution in [2.24, 2.45) is 46.3 Å². The van der Waals surface area contributed by atoms with Gasteiger partial charge in [-0.15, -0.1) is 0 Å². The van der Waals surface area contributed by atoms with Crippen molar-refractivity contribution in [1.29, 1.82) is 0 Å². The summed E-state index contributed by atoms with van der Waals surface area (Å²) in [6, 6.07) is 0. The Labute approximate surface area is 118 Å². The largest absolute Gasteiger partial charge is 0.352 e. The van der Waals surface area contributed by atoms with E-state index in [9.17, 15) is 4.79 Å². The van der Waals surface area contributed by atoms with E-state index < -0.39 is 5.79 Å². The van der Waals surface area contributed by atoms with Crippen LogP contribution in [-0.4, -0.2) is 25.8 Å². The summed E-state index contributed by atoms with van der Waals surface area (Å²) in [5.41, 5.74) is -0.535. The second-order valence-corrected chi connectivity index (χ2v) is 7.56. The first kappa shape index (κ1) is 10.7. The molecule has 0 amide bonds. The van der Waals surface area contributed by atoms with Crippen molar-refractivity contribution in [3.8, 4) is 0 Å². The normalized spacial score (nSPS) is 64.2. The third-order valence-corrected chi connectivity index (χ3v) is 8.06. The fourth-order valence-corrected chi connectivity index (χ4v) is 8.23. The summed E-state index contributed by atoms with van der Waals surface area (Å²) in [6.45, 7) is 0. The summed E-state index contributed by atoms with van der Waals surface area (Å²) in [5, 5.41) is 0. The molecule has 0 aromatic carbocycles. The van der Waals surface area contributed by atoms with Crippen LogP contribution in [0.2, 0.25) is 0 Å². The second-order valence-electron chi connectivity index (χ2n) is 7.56. The van der Waals surface area contributed by atoms with Crippen molar-refractivity contribution in [3.63, 3.8) is 0 Å². The number of carbonyl (C=O) groups excluding carboxylic acids is 1. The van der Waals surface area contributed by atoms with Crippen molar-refractivity contribution in [2.75, 3.05) is 14.2 Å². The lowest BCUT2D eigenvalue weighted by molar-refractivity contribution is -0.329. The molecule has 6 rings (SSSR count). The van der Waals surface area contributed by atoms with Gasteiger partial charge in [-0.3, -0.25) is 4.79 Å². The number of ether oxygens (including phenoxy) is 2. The number of Topliss-reactive ketones (excluding diaryl/α,β-unsaturated/α-hetero) is 1. The highest BCUT2D eigenvalue weighted by atomic mass is 16.7. The minimum Gasteiger partial charge on any atom is -0.352 e. The van der Waals surface area contributed by atoms with Gasteiger partial charge in [-0.05, 0) is 30.1 Å². The highest BCUT2D eigenvalue weighted by Crippen LogP contribution is 2.94. The highest BCUT2D eigenvalue weighted by molar-refractivity contribution is 5.99. The lowest BCUT2D eigenvalue weighted by atomic mass is 9.37. The molecular formula is C17H18O3. The molecule has 0 aromatic heterocycles. The molecule has 0 heterocycles. The predicted molar refractivity (Wildman–Crippen MR) is 70.5 cm³/mol. The maximum Gasteiger partial charge on any atom is 0.182 e. The van der Waals surface area contributed by atoms with E-state index in [0.29, 0.717) is 29.5 Å². The average molecular weight is 270 g/mol. The van der Waals surface area contributed by atoms with E-state index in [1.807, 2.05) is 0 Å². The molecule has 0 aromatic rings. The van der Waals surface area contributed by atoms with Gasteiger partial charge in [-0.25, -0.2) is 0 Å². The number of carbonyl (C=O) groups is 1. The maximum atomic E-state index is 13.2. The van der Waals surface area contributed by atoms with E-state index in [4.69, 9.17) is 9.47 Å². The summed E-state index contributed by atoms with van der Waals surface area (Å²) in [4.78, 5) is 13.2. The van der Waals surface area contributed by atoms with E-state index in [1.54, 1.807) is 14.2 Å². The molecular weight excluding hydrogens is 252 g/mol. The molecule has 6 aliphatic carbocycles. The van der Waals surface area contributed by atoms with E-state index >= 15 is 0 Å². The number of hydrogen-bond acceptors (Lipinski definition) is 3. The molecule has 0 saturated heterocycles. The molecule has 6 aliphatic rings. The van der Waals surface area contributed by atoms with Crippen LogP contribution in [0, 0.1) is 46.3 Å². The summed E-state index contributed by atoms with van der Waals surface area (Å²) in [6.07, 6.45) is 9.85. The Morgan fingerprint density at radius 1 is 1.05 bits per heavy atom. The minimum absolute atomic E-state index is 0.188. The molecule has 3 heteroatoms. The quantitative estimate of drug-likeness (QED) is 0.718. The van der Waals surface area contributed by atoms with Gasteiger partial charge in [0.1, 0.15) is 5.78 Å². The fraction of sp³-hybridized carbons (Fsp3) is 0.706. The molecule has 2 spiro atoms. The number of allylic oxidation sites excluding steroid dienone is 3. The Balaban J connectivity index is 1.77. The average Bonchev–Trinajstić information content (AvgIpc) is 3.01. The zero-order chi connectivity index (χ0) is 13.5. The van der Waals surface area contributed by atoms with Crippen LogP contribution >= 0.6 is 0 Å². The van der Waals surface area contributed by atoms with Gasteiger partial charge in [0.15, 0.2) is 5.79 Å². The summed E-state index contributed by atoms with van der Waals surface area (Å²) >= 11 is 0. The first-order valence-corrected chi connectivity index (χ1v) is 7.73. The lowest BCUT2D eigenvalue weighted by Crippen LogP contribution is -2.73. The van der Waals surface area contributed by atoms with Crippen molar-refractivity contribution in [1.82, 2.24) is 0 Å². The highest BCUT2D eigenvalue weighted by Gasteiger charge is 2.99. The third-order valence-electron chi connectivity index (χ3n) is 8.06. The van der Waals surface area contributed by atoms with Crippen LogP contribution in [0.4, 0.5) is 0 Å². The minimum atomic E-state index is -0.579. The second kappa shape index (κ2) is 2.59. The van der Waals surface area contributed by atoms with Crippen LogP contribution in [0.1, 0.15) is 6.42 Å². The van der Waals surface area contributed by atoms with Gasteiger partial charge in [-0.2, -0.15) is 0 Å². The van der Waals surface area contributed by atoms with Gasteiger partial charge in [0.2, 0.25) is 0 Å². The van der Waals surface area contributed by atoms with Gasteiger partial charge < -0.3 is 9.47 Å². The topological polar surface area (TPSA) is 35.5 Å². The fourth-order valence-electron chi connectivity index (χ4n) is 8.23. The van der Waals surface area contributed by atoms with E-state index in [-0.39, 0.29) is 22.7 Å². The predicted octanol–water partition coefficient (Wildman–Crippen LogP) is 1.80. The smallest absolute Gasteiger partial charge is 0.182 e. The van der Waals surface area contributed by atoms with Crippen molar-refractivity contribution in [3.05, 3.63) is 24.3 Å². The first-order valence-electron chi connectivity index (χ1n) is 7.73. The SMILES string of the molecule is COC1(OC)C2C3CC4C2C(=O)C25C=CC=CC12C3C45. The molecule has 104 valence electrons. The van der Waals surface area contributed by atoms with Gasteiger partial charge in [-0.1, -0.05) is 24.3 Å². The molecule has 5 saturated carbocycles. The number of methoxy groups -OCH3 is 2. The zero-order valence-corrected chi connectivity index (χ0v) is 11.7.